The van der Waals surface area contributed by atoms with Crippen molar-refractivity contribution in [3.63, 3.8) is 0 Å². The highest BCUT2D eigenvalue weighted by atomic mass is 19.4. The molecule has 0 spiro atoms. The summed E-state index contributed by atoms with van der Waals surface area (Å²) in [4.78, 5) is 34.8. The number of hydrogen-bond acceptors (Lipinski definition) is 7. The Labute approximate surface area is 207 Å². The number of likely N-dealkylation sites (N-methyl/N-ethyl adjacent to an activating group) is 1. The molecule has 0 saturated heterocycles. The van der Waals surface area contributed by atoms with Crippen LogP contribution in [0.15, 0.2) is 41.3 Å². The van der Waals surface area contributed by atoms with Crippen LogP contribution >= 0.6 is 0 Å². The quantitative estimate of drug-likeness (QED) is 0.261. The average Bonchev–Trinajstić information content (AvgIpc) is 2.83. The number of carbonyl (C=O) groups excluding carboxylic acids is 1. The van der Waals surface area contributed by atoms with Crippen LogP contribution in [0.2, 0.25) is 0 Å². The van der Waals surface area contributed by atoms with Crippen LogP contribution in [-0.4, -0.2) is 51.7 Å². The van der Waals surface area contributed by atoms with Gasteiger partial charge in [-0.3, -0.25) is 20.0 Å². The lowest BCUT2D eigenvalue weighted by Crippen LogP contribution is -2.32. The normalized spacial score (nSPS) is 12.3. The van der Waals surface area contributed by atoms with Crippen molar-refractivity contribution in [3.8, 4) is 11.4 Å². The minimum atomic E-state index is -4.59. The Morgan fingerprint density at radius 3 is 2.56 bits per heavy atom. The number of ketones is 1. The zero-order chi connectivity index (χ0) is 27.0. The van der Waals surface area contributed by atoms with Crippen molar-refractivity contribution in [3.05, 3.63) is 58.3 Å². The highest BCUT2D eigenvalue weighted by Gasteiger charge is 2.29. The lowest BCUT2D eigenvalue weighted by atomic mass is 10.0. The monoisotopic (exact) mass is 507 g/mol. The third-order valence-corrected chi connectivity index (χ3v) is 5.25. The number of pyridine rings is 1. The van der Waals surface area contributed by atoms with Gasteiger partial charge in [0.15, 0.2) is 18.0 Å². The highest BCUT2D eigenvalue weighted by Crippen LogP contribution is 2.28. The van der Waals surface area contributed by atoms with Crippen LogP contribution in [0, 0.1) is 5.92 Å². The van der Waals surface area contributed by atoms with Gasteiger partial charge in [0, 0.05) is 25.2 Å². The van der Waals surface area contributed by atoms with Crippen molar-refractivity contribution in [2.24, 2.45) is 11.8 Å². The van der Waals surface area contributed by atoms with Crippen molar-refractivity contribution in [2.45, 2.75) is 46.7 Å². The smallest absolute Gasteiger partial charge is 0.422 e. The molecule has 0 amide bonds. The number of nitrogens with zero attached hydrogens (tertiary/aromatic N) is 4. The van der Waals surface area contributed by atoms with Crippen molar-refractivity contribution in [2.75, 3.05) is 20.2 Å². The van der Waals surface area contributed by atoms with Crippen molar-refractivity contribution in [1.29, 1.82) is 0 Å². The van der Waals surface area contributed by atoms with Gasteiger partial charge in [0.05, 0.1) is 17.6 Å². The number of hydrazine groups is 1. The van der Waals surface area contributed by atoms with E-state index in [-0.39, 0.29) is 46.3 Å². The molecular weight excluding hydrogens is 475 g/mol. The minimum absolute atomic E-state index is 0.00340. The van der Waals surface area contributed by atoms with Gasteiger partial charge in [0.2, 0.25) is 0 Å². The van der Waals surface area contributed by atoms with Crippen LogP contribution in [-0.2, 0) is 6.42 Å². The lowest BCUT2D eigenvalue weighted by molar-refractivity contribution is -0.153. The van der Waals surface area contributed by atoms with Gasteiger partial charge < -0.3 is 4.74 Å². The Balaban J connectivity index is 0.00000222. The molecular formula is C25H32F3N5O3. The SMILES string of the molecule is CC.CCC(C)Cc1nc2ncccc2c(=O)n1-c1cc(C(=O)CN(C)N)ccc1OCC(F)(F)F. The summed E-state index contributed by atoms with van der Waals surface area (Å²) in [5.74, 6) is 5.43. The molecule has 0 aliphatic heterocycles. The Kier molecular flexibility index (Phi) is 10.1. The van der Waals surface area contributed by atoms with Crippen LogP contribution in [0.1, 0.15) is 50.3 Å². The molecule has 0 saturated carbocycles. The van der Waals surface area contributed by atoms with Gasteiger partial charge in [-0.25, -0.2) is 15.0 Å². The summed E-state index contributed by atoms with van der Waals surface area (Å²) in [7, 11) is 1.51. The van der Waals surface area contributed by atoms with Gasteiger partial charge in [0.1, 0.15) is 11.6 Å². The summed E-state index contributed by atoms with van der Waals surface area (Å²) in [5, 5.41) is 1.37. The number of benzene rings is 1. The van der Waals surface area contributed by atoms with Crippen LogP contribution in [0.25, 0.3) is 16.7 Å². The fraction of sp³-hybridized carbons (Fsp3) is 0.440. The Bertz CT molecular complexity index is 1240. The summed E-state index contributed by atoms with van der Waals surface area (Å²) in [6.07, 6.45) is -1.94. The van der Waals surface area contributed by atoms with Gasteiger partial charge in [-0.2, -0.15) is 13.2 Å². The van der Waals surface area contributed by atoms with E-state index in [2.05, 4.69) is 9.97 Å². The first-order valence-electron chi connectivity index (χ1n) is 11.7. The molecule has 0 aliphatic carbocycles. The van der Waals surface area contributed by atoms with Crippen molar-refractivity contribution in [1.82, 2.24) is 19.5 Å². The number of ether oxygens (including phenoxy) is 1. The predicted octanol–water partition coefficient (Wildman–Crippen LogP) is 4.32. The van der Waals surface area contributed by atoms with E-state index in [0.29, 0.717) is 12.2 Å². The summed E-state index contributed by atoms with van der Waals surface area (Å²) in [6, 6.07) is 7.04. The second-order valence-corrected chi connectivity index (χ2v) is 8.19. The molecule has 11 heteroatoms. The first-order valence-corrected chi connectivity index (χ1v) is 11.7. The van der Waals surface area contributed by atoms with Gasteiger partial charge in [-0.05, 0) is 36.2 Å². The number of Topliss-reactive ketones (excluding diaryl/α,β-unsaturated/α-hetero) is 1. The van der Waals surface area contributed by atoms with Crippen LogP contribution in [0.3, 0.4) is 0 Å². The van der Waals surface area contributed by atoms with E-state index in [9.17, 15) is 22.8 Å². The lowest BCUT2D eigenvalue weighted by Gasteiger charge is -2.20. The number of halogens is 3. The second kappa shape index (κ2) is 12.6. The highest BCUT2D eigenvalue weighted by molar-refractivity contribution is 5.98. The largest absolute Gasteiger partial charge is 0.482 e. The zero-order valence-electron chi connectivity index (χ0n) is 21.1. The van der Waals surface area contributed by atoms with E-state index in [1.807, 2.05) is 27.7 Å². The molecule has 0 bridgehead atoms. The summed E-state index contributed by atoms with van der Waals surface area (Å²) >= 11 is 0. The maximum absolute atomic E-state index is 13.5. The number of hydrogen-bond donors (Lipinski definition) is 1. The fourth-order valence-corrected chi connectivity index (χ4v) is 3.37. The predicted molar refractivity (Wildman–Crippen MR) is 132 cm³/mol. The molecule has 3 aromatic rings. The molecule has 2 heterocycles. The maximum Gasteiger partial charge on any atom is 0.422 e. The Hall–Kier alpha value is -3.31. The van der Waals surface area contributed by atoms with Crippen LogP contribution in [0.5, 0.6) is 5.75 Å². The fourth-order valence-electron chi connectivity index (χ4n) is 3.37. The van der Waals surface area contributed by atoms with E-state index in [1.165, 1.54) is 47.1 Å². The van der Waals surface area contributed by atoms with Gasteiger partial charge >= 0.3 is 6.18 Å². The first kappa shape index (κ1) is 28.9. The molecule has 1 aromatic carbocycles. The molecule has 196 valence electrons. The van der Waals surface area contributed by atoms with Gasteiger partial charge in [0.25, 0.3) is 5.56 Å². The zero-order valence-corrected chi connectivity index (χ0v) is 21.1. The molecule has 2 aromatic heterocycles. The van der Waals surface area contributed by atoms with Crippen LogP contribution in [0.4, 0.5) is 13.2 Å². The van der Waals surface area contributed by atoms with E-state index < -0.39 is 18.3 Å². The topological polar surface area (TPSA) is 103 Å². The Morgan fingerprint density at radius 1 is 1.25 bits per heavy atom. The molecule has 3 rings (SSSR count). The molecule has 1 unspecified atom stereocenters. The number of aromatic nitrogens is 3. The number of alkyl halides is 3. The first-order chi connectivity index (χ1) is 17.0. The molecule has 0 aliphatic rings. The molecule has 0 radical (unpaired) electrons. The maximum atomic E-state index is 13.5. The Morgan fingerprint density at radius 2 is 1.94 bits per heavy atom. The van der Waals surface area contributed by atoms with E-state index >= 15 is 0 Å². The molecule has 2 N–H and O–H groups in total. The van der Waals surface area contributed by atoms with Crippen LogP contribution < -0.4 is 16.1 Å². The molecule has 1 atom stereocenters. The summed E-state index contributed by atoms with van der Waals surface area (Å²) in [5.41, 5.74) is -0.124. The van der Waals surface area contributed by atoms with Gasteiger partial charge in [-0.15, -0.1) is 0 Å². The summed E-state index contributed by atoms with van der Waals surface area (Å²) in [6.45, 7) is 6.26. The van der Waals surface area contributed by atoms with E-state index in [0.717, 1.165) is 6.42 Å². The third-order valence-electron chi connectivity index (χ3n) is 5.25. The third kappa shape index (κ3) is 7.34. The minimum Gasteiger partial charge on any atom is -0.482 e. The number of nitrogens with two attached hydrogens (primary N) is 1. The number of rotatable bonds is 9. The van der Waals surface area contributed by atoms with E-state index in [4.69, 9.17) is 10.6 Å². The standard InChI is InChI=1S/C23H26F3N5O3.C2H6/c1-4-14(2)10-20-29-21-16(6-5-9-28-21)22(33)31(20)17-11-15(18(32)12-30(3)27)7-8-19(17)34-13-23(24,25)26;1-2/h5-9,11,14H,4,10,12-13,27H2,1-3H3;1-2H3. The van der Waals surface area contributed by atoms with Crippen molar-refractivity contribution >= 4 is 16.8 Å². The molecule has 36 heavy (non-hydrogen) atoms. The van der Waals surface area contributed by atoms with Gasteiger partial charge in [-0.1, -0.05) is 34.1 Å². The number of carbonyl (C=O) groups is 1. The second-order valence-electron chi connectivity index (χ2n) is 8.19. The average molecular weight is 508 g/mol. The molecule has 8 nitrogen and oxygen atoms in total. The van der Waals surface area contributed by atoms with E-state index in [1.54, 1.807) is 6.07 Å². The number of fused-ring (bicyclic) bond motifs is 1. The molecule has 0 fully saturated rings. The summed E-state index contributed by atoms with van der Waals surface area (Å²) < 4.78 is 45.0. The van der Waals surface area contributed by atoms with Crippen molar-refractivity contribution < 1.29 is 22.7 Å².